The Balaban J connectivity index is 2.01. The number of nitrogens with zero attached hydrogens (tertiary/aromatic N) is 2. The molecule has 0 unspecified atom stereocenters. The summed E-state index contributed by atoms with van der Waals surface area (Å²) in [6, 6.07) is 10.8. The third kappa shape index (κ3) is 3.23. The molecular formula is C14H16N4O2. The van der Waals surface area contributed by atoms with Gasteiger partial charge in [-0.3, -0.25) is 4.79 Å². The van der Waals surface area contributed by atoms with E-state index in [-0.39, 0.29) is 11.6 Å². The van der Waals surface area contributed by atoms with Crippen LogP contribution in [0.1, 0.15) is 16.1 Å². The van der Waals surface area contributed by atoms with Gasteiger partial charge in [0.1, 0.15) is 11.6 Å². The number of anilines is 1. The third-order valence-corrected chi connectivity index (χ3v) is 2.79. The normalized spacial score (nSPS) is 9.90. The number of aromatic nitrogens is 2. The minimum atomic E-state index is -0.272. The maximum Gasteiger partial charge on any atom is 0.272 e. The predicted octanol–water partition coefficient (Wildman–Crippen LogP) is 1.46. The van der Waals surface area contributed by atoms with Gasteiger partial charge in [-0.25, -0.2) is 0 Å². The lowest BCUT2D eigenvalue weighted by atomic mass is 10.2. The summed E-state index contributed by atoms with van der Waals surface area (Å²) in [4.78, 5) is 11.9. The molecule has 2 N–H and O–H groups in total. The van der Waals surface area contributed by atoms with Crippen LogP contribution < -0.4 is 15.4 Å². The number of ether oxygens (including phenoxy) is 1. The summed E-state index contributed by atoms with van der Waals surface area (Å²) in [5.41, 5.74) is 1.18. The van der Waals surface area contributed by atoms with Crippen molar-refractivity contribution in [3.8, 4) is 5.75 Å². The Bertz CT molecular complexity index is 584. The van der Waals surface area contributed by atoms with Crippen molar-refractivity contribution in [2.24, 2.45) is 0 Å². The zero-order valence-electron chi connectivity index (χ0n) is 11.4. The van der Waals surface area contributed by atoms with Gasteiger partial charge >= 0.3 is 0 Å². The van der Waals surface area contributed by atoms with Gasteiger partial charge in [-0.1, -0.05) is 18.2 Å². The first-order valence-electron chi connectivity index (χ1n) is 6.16. The van der Waals surface area contributed by atoms with E-state index in [1.165, 1.54) is 0 Å². The smallest absolute Gasteiger partial charge is 0.272 e. The van der Waals surface area contributed by atoms with Crippen molar-refractivity contribution in [1.82, 2.24) is 15.5 Å². The fraction of sp³-hybridized carbons (Fsp3) is 0.214. The Hall–Kier alpha value is -2.63. The molecule has 104 valence electrons. The molecule has 0 aliphatic carbocycles. The molecular weight excluding hydrogens is 256 g/mol. The van der Waals surface area contributed by atoms with Gasteiger partial charge < -0.3 is 15.4 Å². The summed E-state index contributed by atoms with van der Waals surface area (Å²) in [6.45, 7) is 0.373. The van der Waals surface area contributed by atoms with E-state index in [9.17, 15) is 4.79 Å². The number of rotatable bonds is 5. The SMILES string of the molecule is CNc1ccc(C(=O)NCc2ccccc2OC)nn1. The second-order valence-electron chi connectivity index (χ2n) is 4.05. The molecule has 0 fully saturated rings. The summed E-state index contributed by atoms with van der Waals surface area (Å²) in [5, 5.41) is 13.3. The van der Waals surface area contributed by atoms with E-state index >= 15 is 0 Å². The second-order valence-corrected chi connectivity index (χ2v) is 4.05. The Kier molecular flexibility index (Phi) is 4.49. The van der Waals surface area contributed by atoms with E-state index in [2.05, 4.69) is 20.8 Å². The van der Waals surface area contributed by atoms with Crippen LogP contribution in [0.25, 0.3) is 0 Å². The van der Waals surface area contributed by atoms with E-state index in [1.54, 1.807) is 26.3 Å². The van der Waals surface area contributed by atoms with Crippen LogP contribution in [0.2, 0.25) is 0 Å². The molecule has 1 heterocycles. The summed E-state index contributed by atoms with van der Waals surface area (Å²) >= 11 is 0. The lowest BCUT2D eigenvalue weighted by Crippen LogP contribution is -2.24. The standard InChI is InChI=1S/C14H16N4O2/c1-15-13-8-7-11(17-18-13)14(19)16-9-10-5-3-4-6-12(10)20-2/h3-8H,9H2,1-2H3,(H,15,18)(H,16,19). The average molecular weight is 272 g/mol. The molecule has 0 spiro atoms. The predicted molar refractivity (Wildman–Crippen MR) is 75.7 cm³/mol. The lowest BCUT2D eigenvalue weighted by molar-refractivity contribution is 0.0944. The number of carbonyl (C=O) groups is 1. The van der Waals surface area contributed by atoms with Crippen LogP contribution in [0.5, 0.6) is 5.75 Å². The van der Waals surface area contributed by atoms with Crippen molar-refractivity contribution in [3.05, 3.63) is 47.7 Å². The van der Waals surface area contributed by atoms with Crippen LogP contribution in [0, 0.1) is 0 Å². The van der Waals surface area contributed by atoms with Crippen LogP contribution in [-0.4, -0.2) is 30.3 Å². The lowest BCUT2D eigenvalue weighted by Gasteiger charge is -2.09. The number of para-hydroxylation sites is 1. The van der Waals surface area contributed by atoms with Gasteiger partial charge in [-0.15, -0.1) is 10.2 Å². The number of benzene rings is 1. The highest BCUT2D eigenvalue weighted by molar-refractivity contribution is 5.92. The van der Waals surface area contributed by atoms with Gasteiger partial charge in [0.15, 0.2) is 5.69 Å². The molecule has 20 heavy (non-hydrogen) atoms. The maximum absolute atomic E-state index is 11.9. The van der Waals surface area contributed by atoms with Gasteiger partial charge in [0.05, 0.1) is 7.11 Å². The number of nitrogens with one attached hydrogen (secondary N) is 2. The molecule has 1 aromatic carbocycles. The molecule has 0 aliphatic heterocycles. The number of methoxy groups -OCH3 is 1. The van der Waals surface area contributed by atoms with E-state index in [0.717, 1.165) is 11.3 Å². The van der Waals surface area contributed by atoms with Crippen LogP contribution in [0.4, 0.5) is 5.82 Å². The molecule has 6 nitrogen and oxygen atoms in total. The molecule has 0 bridgehead atoms. The van der Waals surface area contributed by atoms with Crippen LogP contribution >= 0.6 is 0 Å². The number of amides is 1. The Morgan fingerprint density at radius 2 is 2.00 bits per heavy atom. The average Bonchev–Trinajstić information content (AvgIpc) is 2.53. The number of hydrogen-bond donors (Lipinski definition) is 2. The number of hydrogen-bond acceptors (Lipinski definition) is 5. The molecule has 2 aromatic rings. The molecule has 0 saturated heterocycles. The Labute approximate surface area is 117 Å². The second kappa shape index (κ2) is 6.51. The van der Waals surface area contributed by atoms with Crippen molar-refractivity contribution in [2.45, 2.75) is 6.54 Å². The quantitative estimate of drug-likeness (QED) is 0.861. The molecule has 2 rings (SSSR count). The largest absolute Gasteiger partial charge is 0.496 e. The van der Waals surface area contributed by atoms with Crippen LogP contribution in [0.15, 0.2) is 36.4 Å². The van der Waals surface area contributed by atoms with Gasteiger partial charge in [-0.2, -0.15) is 0 Å². The molecule has 1 amide bonds. The molecule has 6 heteroatoms. The summed E-state index contributed by atoms with van der Waals surface area (Å²) in [5.74, 6) is 1.08. The topological polar surface area (TPSA) is 76.1 Å². The minimum Gasteiger partial charge on any atom is -0.496 e. The van der Waals surface area contributed by atoms with Gasteiger partial charge in [0.2, 0.25) is 0 Å². The van der Waals surface area contributed by atoms with E-state index < -0.39 is 0 Å². The summed E-state index contributed by atoms with van der Waals surface area (Å²) < 4.78 is 5.23. The van der Waals surface area contributed by atoms with E-state index in [0.29, 0.717) is 12.4 Å². The maximum atomic E-state index is 11.9. The monoisotopic (exact) mass is 272 g/mol. The van der Waals surface area contributed by atoms with Crippen molar-refractivity contribution in [2.75, 3.05) is 19.5 Å². The molecule has 1 aromatic heterocycles. The van der Waals surface area contributed by atoms with Crippen molar-refractivity contribution < 1.29 is 9.53 Å². The Morgan fingerprint density at radius 3 is 2.65 bits per heavy atom. The fourth-order valence-electron chi connectivity index (χ4n) is 1.70. The van der Waals surface area contributed by atoms with Crippen molar-refractivity contribution in [3.63, 3.8) is 0 Å². The molecule has 0 aliphatic rings. The fourth-order valence-corrected chi connectivity index (χ4v) is 1.70. The van der Waals surface area contributed by atoms with Gasteiger partial charge in [-0.05, 0) is 18.2 Å². The van der Waals surface area contributed by atoms with Crippen LogP contribution in [-0.2, 0) is 6.54 Å². The van der Waals surface area contributed by atoms with Crippen LogP contribution in [0.3, 0.4) is 0 Å². The first kappa shape index (κ1) is 13.8. The van der Waals surface area contributed by atoms with Gasteiger partial charge in [0.25, 0.3) is 5.91 Å². The highest BCUT2D eigenvalue weighted by Gasteiger charge is 2.09. The van der Waals surface area contributed by atoms with E-state index in [1.807, 2.05) is 24.3 Å². The zero-order chi connectivity index (χ0) is 14.4. The van der Waals surface area contributed by atoms with Crippen molar-refractivity contribution in [1.29, 1.82) is 0 Å². The minimum absolute atomic E-state index is 0.272. The number of carbonyl (C=O) groups excluding carboxylic acids is 1. The first-order valence-corrected chi connectivity index (χ1v) is 6.16. The molecule has 0 radical (unpaired) electrons. The van der Waals surface area contributed by atoms with Gasteiger partial charge in [0, 0.05) is 19.2 Å². The highest BCUT2D eigenvalue weighted by Crippen LogP contribution is 2.16. The van der Waals surface area contributed by atoms with Crippen molar-refractivity contribution >= 4 is 11.7 Å². The van der Waals surface area contributed by atoms with E-state index in [4.69, 9.17) is 4.74 Å². The third-order valence-electron chi connectivity index (χ3n) is 2.79. The highest BCUT2D eigenvalue weighted by atomic mass is 16.5. The molecule has 0 saturated carbocycles. The summed E-state index contributed by atoms with van der Waals surface area (Å²) in [7, 11) is 3.34. The molecule has 0 atom stereocenters. The Morgan fingerprint density at radius 1 is 1.20 bits per heavy atom. The zero-order valence-corrected chi connectivity index (χ0v) is 11.4. The first-order chi connectivity index (χ1) is 9.74. The summed E-state index contributed by atoms with van der Waals surface area (Å²) in [6.07, 6.45) is 0.